The minimum Gasteiger partial charge on any atom is -0.489 e. The van der Waals surface area contributed by atoms with E-state index < -0.39 is 0 Å². The fraction of sp³-hybridized carbons (Fsp3) is 0.611. The molecule has 2 N–H and O–H groups in total. The highest BCUT2D eigenvalue weighted by Crippen LogP contribution is 2.14. The van der Waals surface area contributed by atoms with Gasteiger partial charge in [-0.3, -0.25) is 0 Å². The summed E-state index contributed by atoms with van der Waals surface area (Å²) in [6.45, 7) is 7.03. The third-order valence-corrected chi connectivity index (χ3v) is 3.78. The van der Waals surface area contributed by atoms with Gasteiger partial charge in [0.2, 0.25) is 0 Å². The number of aliphatic imine (C=N–C) groups is 1. The Balaban J connectivity index is 1.74. The normalized spacial score (nSPS) is 19.1. The Kier molecular flexibility index (Phi) is 7.82. The molecule has 2 unspecified atom stereocenters. The molecule has 1 aromatic carbocycles. The van der Waals surface area contributed by atoms with Gasteiger partial charge in [-0.25, -0.2) is 9.38 Å². The van der Waals surface area contributed by atoms with E-state index in [1.165, 1.54) is 12.1 Å². The van der Waals surface area contributed by atoms with E-state index >= 15 is 0 Å². The van der Waals surface area contributed by atoms with Crippen molar-refractivity contribution in [2.24, 2.45) is 4.99 Å². The lowest BCUT2D eigenvalue weighted by molar-refractivity contribution is 0.105. The molecule has 0 radical (unpaired) electrons. The fourth-order valence-electron chi connectivity index (χ4n) is 2.57. The third kappa shape index (κ3) is 6.74. The van der Waals surface area contributed by atoms with Crippen LogP contribution in [0.2, 0.25) is 0 Å². The van der Waals surface area contributed by atoms with Crippen LogP contribution in [0.1, 0.15) is 33.1 Å². The fourth-order valence-corrected chi connectivity index (χ4v) is 2.57. The Labute approximate surface area is 143 Å². The highest BCUT2D eigenvalue weighted by Gasteiger charge is 2.14. The number of hydrogen-bond acceptors (Lipinski definition) is 3. The maximum Gasteiger partial charge on any atom is 0.191 e. The van der Waals surface area contributed by atoms with E-state index in [4.69, 9.17) is 9.47 Å². The van der Waals surface area contributed by atoms with E-state index in [9.17, 15) is 4.39 Å². The molecule has 2 atom stereocenters. The lowest BCUT2D eigenvalue weighted by atomic mass is 10.2. The van der Waals surface area contributed by atoms with Crippen molar-refractivity contribution in [1.82, 2.24) is 10.6 Å². The van der Waals surface area contributed by atoms with E-state index in [1.807, 2.05) is 13.8 Å². The first-order valence-electron chi connectivity index (χ1n) is 8.73. The summed E-state index contributed by atoms with van der Waals surface area (Å²) >= 11 is 0. The van der Waals surface area contributed by atoms with Crippen LogP contribution in [0, 0.1) is 5.82 Å². The molecule has 2 rings (SSSR count). The van der Waals surface area contributed by atoms with Crippen LogP contribution < -0.4 is 15.4 Å². The number of nitrogens with one attached hydrogen (secondary N) is 2. The van der Waals surface area contributed by atoms with Crippen molar-refractivity contribution in [3.05, 3.63) is 30.1 Å². The van der Waals surface area contributed by atoms with Crippen molar-refractivity contribution < 1.29 is 13.9 Å². The van der Waals surface area contributed by atoms with E-state index in [2.05, 4.69) is 15.6 Å². The molecular formula is C18H28FN3O2. The molecule has 1 aliphatic heterocycles. The summed E-state index contributed by atoms with van der Waals surface area (Å²) in [6.07, 6.45) is 3.59. The van der Waals surface area contributed by atoms with Crippen molar-refractivity contribution in [2.75, 3.05) is 26.2 Å². The second-order valence-electron chi connectivity index (χ2n) is 5.95. The maximum atomic E-state index is 12.9. The lowest BCUT2D eigenvalue weighted by Gasteiger charge is -2.16. The molecule has 0 spiro atoms. The first kappa shape index (κ1) is 18.5. The van der Waals surface area contributed by atoms with E-state index in [0.717, 1.165) is 44.9 Å². The molecule has 6 heteroatoms. The number of guanidine groups is 1. The summed E-state index contributed by atoms with van der Waals surface area (Å²) < 4.78 is 24.2. The summed E-state index contributed by atoms with van der Waals surface area (Å²) in [5.74, 6) is 1.17. The van der Waals surface area contributed by atoms with Crippen LogP contribution >= 0.6 is 0 Å². The predicted molar refractivity (Wildman–Crippen MR) is 94.1 cm³/mol. The predicted octanol–water partition coefficient (Wildman–Crippen LogP) is 2.72. The molecule has 0 bridgehead atoms. The number of hydrogen-bond donors (Lipinski definition) is 2. The zero-order valence-corrected chi connectivity index (χ0v) is 14.6. The minimum atomic E-state index is -0.266. The Bertz CT molecular complexity index is 501. The topological polar surface area (TPSA) is 54.9 Å². The number of nitrogens with zero attached hydrogens (tertiary/aromatic N) is 1. The van der Waals surface area contributed by atoms with Gasteiger partial charge in [0.15, 0.2) is 5.96 Å². The number of rotatable bonds is 8. The van der Waals surface area contributed by atoms with Crippen molar-refractivity contribution in [1.29, 1.82) is 0 Å². The molecule has 24 heavy (non-hydrogen) atoms. The maximum absolute atomic E-state index is 12.9. The van der Waals surface area contributed by atoms with Gasteiger partial charge >= 0.3 is 0 Å². The second kappa shape index (κ2) is 10.1. The van der Waals surface area contributed by atoms with Gasteiger partial charge in [-0.15, -0.1) is 0 Å². The highest BCUT2D eigenvalue weighted by molar-refractivity contribution is 5.79. The first-order chi connectivity index (χ1) is 11.7. The molecule has 5 nitrogen and oxygen atoms in total. The van der Waals surface area contributed by atoms with E-state index in [1.54, 1.807) is 12.1 Å². The molecule has 0 amide bonds. The van der Waals surface area contributed by atoms with Crippen LogP contribution in [0.15, 0.2) is 29.3 Å². The smallest absolute Gasteiger partial charge is 0.191 e. The monoisotopic (exact) mass is 337 g/mol. The van der Waals surface area contributed by atoms with Crippen LogP contribution in [0.25, 0.3) is 0 Å². The van der Waals surface area contributed by atoms with Gasteiger partial charge in [0.1, 0.15) is 17.7 Å². The van der Waals surface area contributed by atoms with Gasteiger partial charge in [0, 0.05) is 19.7 Å². The molecule has 0 aliphatic carbocycles. The molecular weight excluding hydrogens is 309 g/mol. The molecule has 1 aromatic rings. The average Bonchev–Trinajstić information content (AvgIpc) is 3.08. The average molecular weight is 337 g/mol. The highest BCUT2D eigenvalue weighted by atomic mass is 19.1. The summed E-state index contributed by atoms with van der Waals surface area (Å²) in [5.41, 5.74) is 0. The summed E-state index contributed by atoms with van der Waals surface area (Å²) in [5, 5.41) is 6.56. The van der Waals surface area contributed by atoms with Crippen molar-refractivity contribution in [3.63, 3.8) is 0 Å². The van der Waals surface area contributed by atoms with Gasteiger partial charge in [-0.2, -0.15) is 0 Å². The standard InChI is InChI=1S/C18H28FN3O2/c1-3-20-18(21-11-10-16-5-4-12-23-16)22-13-14(2)24-17-8-6-15(19)7-9-17/h6-9,14,16H,3-5,10-13H2,1-2H3,(H2,20,21,22). The Morgan fingerprint density at radius 2 is 2.17 bits per heavy atom. The molecule has 1 fully saturated rings. The third-order valence-electron chi connectivity index (χ3n) is 3.78. The van der Waals surface area contributed by atoms with Crippen molar-refractivity contribution in [2.45, 2.75) is 45.3 Å². The summed E-state index contributed by atoms with van der Waals surface area (Å²) in [4.78, 5) is 4.55. The van der Waals surface area contributed by atoms with E-state index in [0.29, 0.717) is 18.4 Å². The second-order valence-corrected chi connectivity index (χ2v) is 5.95. The summed E-state index contributed by atoms with van der Waals surface area (Å²) in [6, 6.07) is 6.03. The zero-order valence-electron chi connectivity index (χ0n) is 14.6. The van der Waals surface area contributed by atoms with Crippen LogP contribution in [-0.4, -0.2) is 44.4 Å². The SMILES string of the molecule is CCNC(=NCC(C)Oc1ccc(F)cc1)NCCC1CCCO1. The lowest BCUT2D eigenvalue weighted by Crippen LogP contribution is -2.39. The van der Waals surface area contributed by atoms with Gasteiger partial charge in [0.25, 0.3) is 0 Å². The molecule has 1 aliphatic rings. The van der Waals surface area contributed by atoms with Gasteiger partial charge < -0.3 is 20.1 Å². The number of halogens is 1. The molecule has 0 aromatic heterocycles. The quantitative estimate of drug-likeness (QED) is 0.566. The van der Waals surface area contributed by atoms with Gasteiger partial charge in [-0.05, 0) is 57.4 Å². The number of ether oxygens (including phenoxy) is 2. The number of benzene rings is 1. The zero-order chi connectivity index (χ0) is 17.2. The van der Waals surface area contributed by atoms with Crippen LogP contribution in [-0.2, 0) is 4.74 Å². The molecule has 1 saturated heterocycles. The van der Waals surface area contributed by atoms with Crippen LogP contribution in [0.4, 0.5) is 4.39 Å². The van der Waals surface area contributed by atoms with Gasteiger partial charge in [0.05, 0.1) is 12.6 Å². The van der Waals surface area contributed by atoms with Gasteiger partial charge in [-0.1, -0.05) is 0 Å². The molecule has 1 heterocycles. The Morgan fingerprint density at radius 3 is 2.83 bits per heavy atom. The molecule has 0 saturated carbocycles. The first-order valence-corrected chi connectivity index (χ1v) is 8.73. The van der Waals surface area contributed by atoms with Crippen LogP contribution in [0.3, 0.4) is 0 Å². The minimum absolute atomic E-state index is 0.0934. The molecule has 134 valence electrons. The summed E-state index contributed by atoms with van der Waals surface area (Å²) in [7, 11) is 0. The van der Waals surface area contributed by atoms with Crippen molar-refractivity contribution >= 4 is 5.96 Å². The Hall–Kier alpha value is -1.82. The van der Waals surface area contributed by atoms with Crippen LogP contribution in [0.5, 0.6) is 5.75 Å². The Morgan fingerprint density at radius 1 is 1.38 bits per heavy atom. The largest absolute Gasteiger partial charge is 0.489 e. The van der Waals surface area contributed by atoms with Crippen molar-refractivity contribution in [3.8, 4) is 5.75 Å². The van der Waals surface area contributed by atoms with E-state index in [-0.39, 0.29) is 11.9 Å².